The minimum absolute atomic E-state index is 0.705. The van der Waals surface area contributed by atoms with Crippen LogP contribution < -0.4 is 10.5 Å². The van der Waals surface area contributed by atoms with E-state index < -0.39 is 0 Å². The Bertz CT molecular complexity index is 482. The van der Waals surface area contributed by atoms with E-state index in [0.29, 0.717) is 5.69 Å². The summed E-state index contributed by atoms with van der Waals surface area (Å²) in [5.41, 5.74) is 6.75. The predicted octanol–water partition coefficient (Wildman–Crippen LogP) is 3.00. The van der Waals surface area contributed by atoms with E-state index in [-0.39, 0.29) is 0 Å². The fraction of sp³-hybridized carbons (Fsp3) is 0.308. The van der Waals surface area contributed by atoms with Crippen LogP contribution in [0.5, 0.6) is 5.75 Å². The molecule has 0 unspecified atom stereocenters. The van der Waals surface area contributed by atoms with Crippen molar-refractivity contribution in [2.45, 2.75) is 19.8 Å². The van der Waals surface area contributed by atoms with Crippen LogP contribution in [0.4, 0.5) is 5.69 Å². The molecule has 0 aliphatic rings. The highest BCUT2D eigenvalue weighted by Gasteiger charge is 2.04. The number of hydrogen-bond donors (Lipinski definition) is 1. The molecule has 0 saturated heterocycles. The van der Waals surface area contributed by atoms with Gasteiger partial charge >= 0.3 is 0 Å². The van der Waals surface area contributed by atoms with Gasteiger partial charge in [0, 0.05) is 23.2 Å². The lowest BCUT2D eigenvalue weighted by atomic mass is 10.1. The normalized spacial score (nSPS) is 10.6. The molecule has 16 heavy (non-hydrogen) atoms. The van der Waals surface area contributed by atoms with E-state index in [4.69, 9.17) is 10.5 Å². The topological polar surface area (TPSA) is 48.1 Å². The molecule has 2 aromatic rings. The van der Waals surface area contributed by atoms with Crippen LogP contribution in [0.2, 0.25) is 0 Å². The van der Waals surface area contributed by atoms with Crippen LogP contribution in [0.15, 0.2) is 30.6 Å². The molecule has 0 amide bonds. The van der Waals surface area contributed by atoms with Crippen LogP contribution in [-0.2, 0) is 0 Å². The summed E-state index contributed by atoms with van der Waals surface area (Å²) >= 11 is 0. The molecule has 0 spiro atoms. The first kappa shape index (κ1) is 10.7. The van der Waals surface area contributed by atoms with Crippen molar-refractivity contribution in [1.82, 2.24) is 4.98 Å². The van der Waals surface area contributed by atoms with Crippen LogP contribution in [0.1, 0.15) is 19.8 Å². The van der Waals surface area contributed by atoms with Crippen molar-refractivity contribution in [3.05, 3.63) is 30.6 Å². The Morgan fingerprint density at radius 3 is 3.00 bits per heavy atom. The Kier molecular flexibility index (Phi) is 3.25. The van der Waals surface area contributed by atoms with E-state index in [1.54, 1.807) is 6.20 Å². The van der Waals surface area contributed by atoms with Gasteiger partial charge in [-0.2, -0.15) is 0 Å². The summed E-state index contributed by atoms with van der Waals surface area (Å²) in [6.07, 6.45) is 5.72. The number of pyridine rings is 1. The third-order valence-corrected chi connectivity index (χ3v) is 2.58. The maximum absolute atomic E-state index is 6.05. The van der Waals surface area contributed by atoms with Crippen molar-refractivity contribution in [2.75, 3.05) is 12.3 Å². The van der Waals surface area contributed by atoms with Gasteiger partial charge in [-0.3, -0.25) is 4.98 Å². The molecular weight excluding hydrogens is 200 g/mol. The first-order valence-corrected chi connectivity index (χ1v) is 5.58. The van der Waals surface area contributed by atoms with Crippen LogP contribution >= 0.6 is 0 Å². The standard InChI is InChI=1S/C13H16N2O/c1-2-3-8-16-12-5-4-10-9-15-7-6-11(10)13(12)14/h4-7,9H,2-3,8,14H2,1H3. The molecule has 0 fully saturated rings. The average molecular weight is 216 g/mol. The summed E-state index contributed by atoms with van der Waals surface area (Å²) < 4.78 is 5.64. The van der Waals surface area contributed by atoms with Gasteiger partial charge in [0.25, 0.3) is 0 Å². The maximum atomic E-state index is 6.05. The van der Waals surface area contributed by atoms with E-state index in [2.05, 4.69) is 11.9 Å². The first-order valence-electron chi connectivity index (χ1n) is 5.58. The molecule has 0 aliphatic heterocycles. The first-order chi connectivity index (χ1) is 7.83. The van der Waals surface area contributed by atoms with E-state index in [1.807, 2.05) is 24.4 Å². The zero-order chi connectivity index (χ0) is 11.4. The zero-order valence-electron chi connectivity index (χ0n) is 9.44. The lowest BCUT2D eigenvalue weighted by Crippen LogP contribution is -2.00. The number of unbranched alkanes of at least 4 members (excludes halogenated alkanes) is 1. The summed E-state index contributed by atoms with van der Waals surface area (Å²) in [6, 6.07) is 5.81. The second-order valence-electron chi connectivity index (χ2n) is 3.78. The molecule has 1 heterocycles. The average Bonchev–Trinajstić information content (AvgIpc) is 2.33. The van der Waals surface area contributed by atoms with Gasteiger partial charge in [-0.1, -0.05) is 13.3 Å². The summed E-state index contributed by atoms with van der Waals surface area (Å²) in [5.74, 6) is 0.771. The number of aromatic nitrogens is 1. The van der Waals surface area contributed by atoms with E-state index >= 15 is 0 Å². The Morgan fingerprint density at radius 2 is 2.19 bits per heavy atom. The Labute approximate surface area is 95.2 Å². The molecule has 0 atom stereocenters. The van der Waals surface area contributed by atoms with Gasteiger partial charge in [-0.15, -0.1) is 0 Å². The number of nitrogens with two attached hydrogens (primary N) is 1. The SMILES string of the molecule is CCCCOc1ccc2cnccc2c1N. The highest BCUT2D eigenvalue weighted by molar-refractivity contribution is 5.95. The lowest BCUT2D eigenvalue weighted by molar-refractivity contribution is 0.311. The fourth-order valence-corrected chi connectivity index (χ4v) is 1.63. The van der Waals surface area contributed by atoms with Gasteiger partial charge in [0.2, 0.25) is 0 Å². The molecule has 0 aliphatic carbocycles. The predicted molar refractivity (Wildman–Crippen MR) is 66.6 cm³/mol. The molecule has 0 radical (unpaired) electrons. The van der Waals surface area contributed by atoms with Crippen molar-refractivity contribution in [3.63, 3.8) is 0 Å². The number of benzene rings is 1. The second kappa shape index (κ2) is 4.84. The number of anilines is 1. The lowest BCUT2D eigenvalue weighted by Gasteiger charge is -2.10. The molecular formula is C13H16N2O. The van der Waals surface area contributed by atoms with Gasteiger partial charge < -0.3 is 10.5 Å². The fourth-order valence-electron chi connectivity index (χ4n) is 1.63. The van der Waals surface area contributed by atoms with Crippen molar-refractivity contribution < 1.29 is 4.74 Å². The number of fused-ring (bicyclic) bond motifs is 1. The Hall–Kier alpha value is -1.77. The number of nitrogen functional groups attached to an aromatic ring is 1. The zero-order valence-corrected chi connectivity index (χ0v) is 9.44. The van der Waals surface area contributed by atoms with Crippen LogP contribution in [-0.4, -0.2) is 11.6 Å². The minimum atomic E-state index is 0.705. The molecule has 0 saturated carbocycles. The smallest absolute Gasteiger partial charge is 0.142 e. The van der Waals surface area contributed by atoms with E-state index in [1.165, 1.54) is 0 Å². The molecule has 0 bridgehead atoms. The molecule has 1 aromatic carbocycles. The molecule has 2 rings (SSSR count). The number of rotatable bonds is 4. The van der Waals surface area contributed by atoms with Gasteiger partial charge in [-0.05, 0) is 24.6 Å². The molecule has 3 heteroatoms. The van der Waals surface area contributed by atoms with Crippen molar-refractivity contribution in [3.8, 4) is 5.75 Å². The second-order valence-corrected chi connectivity index (χ2v) is 3.78. The number of hydrogen-bond acceptors (Lipinski definition) is 3. The van der Waals surface area contributed by atoms with Gasteiger partial charge in [-0.25, -0.2) is 0 Å². The minimum Gasteiger partial charge on any atom is -0.491 e. The summed E-state index contributed by atoms with van der Waals surface area (Å²) in [4.78, 5) is 4.06. The Balaban J connectivity index is 2.29. The molecule has 1 aromatic heterocycles. The third-order valence-electron chi connectivity index (χ3n) is 2.58. The van der Waals surface area contributed by atoms with Crippen LogP contribution in [0, 0.1) is 0 Å². The van der Waals surface area contributed by atoms with Crippen LogP contribution in [0.3, 0.4) is 0 Å². The maximum Gasteiger partial charge on any atom is 0.142 e. The quantitative estimate of drug-likeness (QED) is 0.631. The highest BCUT2D eigenvalue weighted by Crippen LogP contribution is 2.29. The number of ether oxygens (including phenoxy) is 1. The monoisotopic (exact) mass is 216 g/mol. The highest BCUT2D eigenvalue weighted by atomic mass is 16.5. The Morgan fingerprint density at radius 1 is 1.31 bits per heavy atom. The van der Waals surface area contributed by atoms with Crippen LogP contribution in [0.25, 0.3) is 10.8 Å². The summed E-state index contributed by atoms with van der Waals surface area (Å²) in [7, 11) is 0. The molecule has 3 nitrogen and oxygen atoms in total. The van der Waals surface area contributed by atoms with E-state index in [0.717, 1.165) is 36.0 Å². The molecule has 84 valence electrons. The van der Waals surface area contributed by atoms with Gasteiger partial charge in [0.15, 0.2) is 0 Å². The van der Waals surface area contributed by atoms with Crippen molar-refractivity contribution in [2.24, 2.45) is 0 Å². The third kappa shape index (κ3) is 2.08. The summed E-state index contributed by atoms with van der Waals surface area (Å²) in [6.45, 7) is 2.86. The summed E-state index contributed by atoms with van der Waals surface area (Å²) in [5, 5.41) is 2.05. The van der Waals surface area contributed by atoms with Gasteiger partial charge in [0.05, 0.1) is 12.3 Å². The van der Waals surface area contributed by atoms with Crippen molar-refractivity contribution in [1.29, 1.82) is 0 Å². The van der Waals surface area contributed by atoms with E-state index in [9.17, 15) is 0 Å². The largest absolute Gasteiger partial charge is 0.491 e. The van der Waals surface area contributed by atoms with Crippen molar-refractivity contribution >= 4 is 16.5 Å². The molecule has 2 N–H and O–H groups in total. The van der Waals surface area contributed by atoms with Gasteiger partial charge in [0.1, 0.15) is 5.75 Å². The number of nitrogens with zero attached hydrogens (tertiary/aromatic N) is 1.